The van der Waals surface area contributed by atoms with E-state index in [1.165, 1.54) is 0 Å². The third kappa shape index (κ3) is 3.38. The van der Waals surface area contributed by atoms with Crippen molar-refractivity contribution >= 4 is 27.5 Å². The summed E-state index contributed by atoms with van der Waals surface area (Å²) in [6.45, 7) is 2.86. The van der Waals surface area contributed by atoms with E-state index in [0.717, 1.165) is 15.9 Å². The Bertz CT molecular complexity index is 527. The van der Waals surface area contributed by atoms with Crippen LogP contribution in [-0.2, 0) is 4.79 Å². The Morgan fingerprint density at radius 2 is 2.47 bits per heavy atom. The van der Waals surface area contributed by atoms with Crippen LogP contribution in [0.5, 0.6) is 5.75 Å². The Balaban J connectivity index is 2.16. The summed E-state index contributed by atoms with van der Waals surface area (Å²) in [4.78, 5) is 13.7. The van der Waals surface area contributed by atoms with Gasteiger partial charge >= 0.3 is 0 Å². The molecule has 0 spiro atoms. The molecule has 1 aliphatic heterocycles. The molecular weight excluding hydrogens is 310 g/mol. The van der Waals surface area contributed by atoms with Crippen molar-refractivity contribution in [3.05, 3.63) is 22.7 Å². The second-order valence-corrected chi connectivity index (χ2v) is 5.27. The van der Waals surface area contributed by atoms with Crippen molar-refractivity contribution in [3.63, 3.8) is 0 Å². The number of nitrogens with one attached hydrogen (secondary N) is 1. The number of hydrogen-bond acceptors (Lipinski definition) is 4. The van der Waals surface area contributed by atoms with E-state index in [4.69, 9.17) is 10.00 Å². The summed E-state index contributed by atoms with van der Waals surface area (Å²) >= 11 is 3.42. The SMILES string of the molecule is CC1CN(CC(=O)NCC#N)c2cc(Br)ccc2O1. The molecule has 1 heterocycles. The Kier molecular flexibility index (Phi) is 4.27. The number of anilines is 1. The van der Waals surface area contributed by atoms with Gasteiger partial charge in [-0.05, 0) is 25.1 Å². The molecule has 6 heteroatoms. The van der Waals surface area contributed by atoms with Gasteiger partial charge in [-0.3, -0.25) is 4.79 Å². The number of hydrogen-bond donors (Lipinski definition) is 1. The largest absolute Gasteiger partial charge is 0.487 e. The first kappa shape index (κ1) is 13.7. The van der Waals surface area contributed by atoms with Crippen LogP contribution < -0.4 is 15.0 Å². The number of benzene rings is 1. The number of ether oxygens (including phenoxy) is 1. The Labute approximate surface area is 120 Å². The molecule has 0 aromatic heterocycles. The van der Waals surface area contributed by atoms with E-state index in [2.05, 4.69) is 21.2 Å². The minimum Gasteiger partial charge on any atom is -0.487 e. The maximum atomic E-state index is 11.7. The first-order valence-corrected chi connectivity index (χ1v) is 6.74. The molecule has 0 bridgehead atoms. The van der Waals surface area contributed by atoms with Gasteiger partial charge < -0.3 is 15.0 Å². The molecule has 1 N–H and O–H groups in total. The minimum atomic E-state index is -0.165. The van der Waals surface area contributed by atoms with Crippen LogP contribution in [0.25, 0.3) is 0 Å². The van der Waals surface area contributed by atoms with E-state index in [-0.39, 0.29) is 25.1 Å². The van der Waals surface area contributed by atoms with Crippen LogP contribution in [0.1, 0.15) is 6.92 Å². The predicted molar refractivity (Wildman–Crippen MR) is 75.1 cm³/mol. The van der Waals surface area contributed by atoms with E-state index in [1.807, 2.05) is 36.1 Å². The number of halogens is 1. The first-order chi connectivity index (χ1) is 9.10. The van der Waals surface area contributed by atoms with Crippen molar-refractivity contribution in [2.75, 3.05) is 24.5 Å². The van der Waals surface area contributed by atoms with Gasteiger partial charge in [0.05, 0.1) is 24.8 Å². The summed E-state index contributed by atoms with van der Waals surface area (Å²) in [5, 5.41) is 11.0. The number of nitriles is 1. The first-order valence-electron chi connectivity index (χ1n) is 5.95. The lowest BCUT2D eigenvalue weighted by Gasteiger charge is -2.34. The highest BCUT2D eigenvalue weighted by molar-refractivity contribution is 9.10. The summed E-state index contributed by atoms with van der Waals surface area (Å²) in [7, 11) is 0. The lowest BCUT2D eigenvalue weighted by molar-refractivity contribution is -0.119. The van der Waals surface area contributed by atoms with Crippen molar-refractivity contribution in [1.29, 1.82) is 5.26 Å². The average Bonchev–Trinajstić information content (AvgIpc) is 2.37. The van der Waals surface area contributed by atoms with Gasteiger partial charge in [0.2, 0.25) is 5.91 Å². The number of carbonyl (C=O) groups excluding carboxylic acids is 1. The lowest BCUT2D eigenvalue weighted by atomic mass is 10.2. The average molecular weight is 324 g/mol. The van der Waals surface area contributed by atoms with Crippen LogP contribution in [-0.4, -0.2) is 31.6 Å². The van der Waals surface area contributed by atoms with Crippen LogP contribution in [0.3, 0.4) is 0 Å². The molecule has 1 unspecified atom stereocenters. The van der Waals surface area contributed by atoms with Gasteiger partial charge in [-0.1, -0.05) is 15.9 Å². The van der Waals surface area contributed by atoms with Crippen LogP contribution in [0, 0.1) is 11.3 Å². The van der Waals surface area contributed by atoms with E-state index in [0.29, 0.717) is 6.54 Å². The summed E-state index contributed by atoms with van der Waals surface area (Å²) in [6, 6.07) is 7.61. The molecular formula is C13H14BrN3O2. The van der Waals surface area contributed by atoms with Crippen molar-refractivity contribution < 1.29 is 9.53 Å². The van der Waals surface area contributed by atoms with Gasteiger partial charge in [0, 0.05) is 4.47 Å². The van der Waals surface area contributed by atoms with Gasteiger partial charge in [-0.15, -0.1) is 0 Å². The van der Waals surface area contributed by atoms with Gasteiger partial charge in [-0.2, -0.15) is 5.26 Å². The predicted octanol–water partition coefficient (Wildman–Crippen LogP) is 1.68. The standard InChI is InChI=1S/C13H14BrN3O2/c1-9-7-17(8-13(18)16-5-4-15)11-6-10(14)2-3-12(11)19-9/h2-3,6,9H,5,7-8H2,1H3,(H,16,18). The highest BCUT2D eigenvalue weighted by atomic mass is 79.9. The molecule has 2 rings (SSSR count). The molecule has 0 radical (unpaired) electrons. The van der Waals surface area contributed by atoms with E-state index >= 15 is 0 Å². The Hall–Kier alpha value is -1.74. The molecule has 1 aromatic carbocycles. The fourth-order valence-corrected chi connectivity index (χ4v) is 2.37. The molecule has 100 valence electrons. The summed E-state index contributed by atoms with van der Waals surface area (Å²) in [5.41, 5.74) is 0.889. The van der Waals surface area contributed by atoms with Crippen molar-refractivity contribution in [1.82, 2.24) is 5.32 Å². The van der Waals surface area contributed by atoms with Gasteiger partial charge in [0.25, 0.3) is 0 Å². The second-order valence-electron chi connectivity index (χ2n) is 4.36. The number of rotatable bonds is 3. The van der Waals surface area contributed by atoms with Crippen LogP contribution in [0.15, 0.2) is 22.7 Å². The topological polar surface area (TPSA) is 65.4 Å². The summed E-state index contributed by atoms with van der Waals surface area (Å²) in [5.74, 6) is 0.608. The van der Waals surface area contributed by atoms with Crippen molar-refractivity contribution in [3.8, 4) is 11.8 Å². The summed E-state index contributed by atoms with van der Waals surface area (Å²) < 4.78 is 6.67. The lowest BCUT2D eigenvalue weighted by Crippen LogP contribution is -2.44. The zero-order chi connectivity index (χ0) is 13.8. The van der Waals surface area contributed by atoms with Crippen LogP contribution in [0.4, 0.5) is 5.69 Å². The molecule has 0 saturated carbocycles. The number of carbonyl (C=O) groups is 1. The van der Waals surface area contributed by atoms with E-state index < -0.39 is 0 Å². The highest BCUT2D eigenvalue weighted by Crippen LogP contribution is 2.35. The minimum absolute atomic E-state index is 0.0254. The number of nitrogens with zero attached hydrogens (tertiary/aromatic N) is 2. The molecule has 0 fully saturated rings. The van der Waals surface area contributed by atoms with Gasteiger partial charge in [0.1, 0.15) is 18.4 Å². The molecule has 1 atom stereocenters. The van der Waals surface area contributed by atoms with Crippen molar-refractivity contribution in [2.45, 2.75) is 13.0 Å². The maximum Gasteiger partial charge on any atom is 0.240 e. The number of amides is 1. The Morgan fingerprint density at radius 3 is 3.21 bits per heavy atom. The fraction of sp³-hybridized carbons (Fsp3) is 0.385. The maximum absolute atomic E-state index is 11.7. The Morgan fingerprint density at radius 1 is 1.68 bits per heavy atom. The third-order valence-corrected chi connectivity index (χ3v) is 3.26. The molecule has 1 aromatic rings. The zero-order valence-electron chi connectivity index (χ0n) is 10.5. The van der Waals surface area contributed by atoms with Crippen LogP contribution >= 0.6 is 15.9 Å². The molecule has 1 amide bonds. The molecule has 5 nitrogen and oxygen atoms in total. The monoisotopic (exact) mass is 323 g/mol. The number of fused-ring (bicyclic) bond motifs is 1. The fourth-order valence-electron chi connectivity index (χ4n) is 2.02. The van der Waals surface area contributed by atoms with Crippen molar-refractivity contribution in [2.24, 2.45) is 0 Å². The quantitative estimate of drug-likeness (QED) is 0.859. The smallest absolute Gasteiger partial charge is 0.240 e. The van der Waals surface area contributed by atoms with Crippen LogP contribution in [0.2, 0.25) is 0 Å². The molecule has 0 aliphatic carbocycles. The normalized spacial score (nSPS) is 17.1. The summed E-state index contributed by atoms with van der Waals surface area (Å²) in [6.07, 6.45) is 0.0254. The highest BCUT2D eigenvalue weighted by Gasteiger charge is 2.24. The molecule has 19 heavy (non-hydrogen) atoms. The van der Waals surface area contributed by atoms with E-state index in [1.54, 1.807) is 0 Å². The zero-order valence-corrected chi connectivity index (χ0v) is 12.1. The van der Waals surface area contributed by atoms with Gasteiger partial charge in [0.15, 0.2) is 0 Å². The third-order valence-electron chi connectivity index (χ3n) is 2.77. The van der Waals surface area contributed by atoms with E-state index in [9.17, 15) is 4.79 Å². The second kappa shape index (κ2) is 5.93. The molecule has 1 aliphatic rings. The van der Waals surface area contributed by atoms with Gasteiger partial charge in [-0.25, -0.2) is 0 Å². The molecule has 0 saturated heterocycles.